The van der Waals surface area contributed by atoms with Gasteiger partial charge in [-0.1, -0.05) is 25.7 Å². The molecule has 2 N–H and O–H groups in total. The molecule has 1 aliphatic rings. The molecule has 2 aromatic rings. The molecule has 0 spiro atoms. The lowest BCUT2D eigenvalue weighted by Gasteiger charge is -2.11. The van der Waals surface area contributed by atoms with Gasteiger partial charge in [0.25, 0.3) is 5.91 Å². The number of rotatable bonds is 5. The van der Waals surface area contributed by atoms with Crippen LogP contribution in [0.1, 0.15) is 57.8 Å². The van der Waals surface area contributed by atoms with Crippen molar-refractivity contribution in [2.75, 3.05) is 5.32 Å². The highest BCUT2D eigenvalue weighted by Crippen LogP contribution is 2.27. The second-order valence-corrected chi connectivity index (χ2v) is 6.71. The van der Waals surface area contributed by atoms with Crippen LogP contribution in [0.4, 0.5) is 5.69 Å². The number of nitrogens with zero attached hydrogens (tertiary/aromatic N) is 1. The quantitative estimate of drug-likeness (QED) is 0.861. The molecule has 0 bridgehead atoms. The van der Waals surface area contributed by atoms with Gasteiger partial charge in [0, 0.05) is 11.4 Å². The zero-order valence-electron chi connectivity index (χ0n) is 14.3. The zero-order chi connectivity index (χ0) is 17.8. The van der Waals surface area contributed by atoms with E-state index in [0.29, 0.717) is 17.3 Å². The van der Waals surface area contributed by atoms with E-state index in [2.05, 4.69) is 16.4 Å². The number of anilines is 1. The second kappa shape index (κ2) is 7.47. The van der Waals surface area contributed by atoms with Crippen LogP contribution < -0.4 is 5.32 Å². The van der Waals surface area contributed by atoms with Gasteiger partial charge in [-0.3, -0.25) is 4.79 Å². The third-order valence-electron chi connectivity index (χ3n) is 4.62. The fourth-order valence-corrected chi connectivity index (χ4v) is 3.36. The Morgan fingerprint density at radius 1 is 1.16 bits per heavy atom. The molecule has 0 unspecified atom stereocenters. The molecule has 1 aromatic carbocycles. The Morgan fingerprint density at radius 2 is 1.84 bits per heavy atom. The predicted molar refractivity (Wildman–Crippen MR) is 96.0 cm³/mol. The molecule has 5 nitrogen and oxygen atoms in total. The van der Waals surface area contributed by atoms with Gasteiger partial charge in [0.1, 0.15) is 5.69 Å². The van der Waals surface area contributed by atoms with Gasteiger partial charge in [-0.15, -0.1) is 0 Å². The van der Waals surface area contributed by atoms with E-state index in [-0.39, 0.29) is 11.5 Å². The van der Waals surface area contributed by atoms with Crippen molar-refractivity contribution in [3.8, 4) is 0 Å². The molecule has 1 fully saturated rings. The Bertz CT molecular complexity index is 778. The van der Waals surface area contributed by atoms with E-state index in [1.54, 1.807) is 18.2 Å². The number of amides is 1. The van der Waals surface area contributed by atoms with Gasteiger partial charge in [0.05, 0.1) is 5.56 Å². The summed E-state index contributed by atoms with van der Waals surface area (Å²) in [5.41, 5.74) is 3.13. The summed E-state index contributed by atoms with van der Waals surface area (Å²) in [6.45, 7) is 1.97. The van der Waals surface area contributed by atoms with Crippen molar-refractivity contribution in [1.29, 1.82) is 0 Å². The minimum Gasteiger partial charge on any atom is -0.478 e. The number of carbonyl (C=O) groups is 2. The molecule has 1 aliphatic carbocycles. The maximum Gasteiger partial charge on any atom is 0.335 e. The molecule has 5 heteroatoms. The van der Waals surface area contributed by atoms with E-state index < -0.39 is 5.97 Å². The van der Waals surface area contributed by atoms with E-state index in [4.69, 9.17) is 5.11 Å². The van der Waals surface area contributed by atoms with Gasteiger partial charge in [0.15, 0.2) is 0 Å². The molecule has 25 heavy (non-hydrogen) atoms. The van der Waals surface area contributed by atoms with Crippen LogP contribution in [0.25, 0.3) is 0 Å². The number of carbonyl (C=O) groups excluding carboxylic acids is 1. The number of aryl methyl sites for hydroxylation is 1. The Hall–Kier alpha value is -2.69. The first-order valence-electron chi connectivity index (χ1n) is 8.63. The Balaban J connectivity index is 1.72. The van der Waals surface area contributed by atoms with Crippen molar-refractivity contribution >= 4 is 17.6 Å². The molecule has 0 aliphatic heterocycles. The van der Waals surface area contributed by atoms with E-state index in [0.717, 1.165) is 17.7 Å². The topological polar surface area (TPSA) is 79.3 Å². The van der Waals surface area contributed by atoms with E-state index in [1.165, 1.54) is 37.8 Å². The minimum atomic E-state index is -0.991. The lowest BCUT2D eigenvalue weighted by molar-refractivity contribution is 0.0696. The molecule has 1 heterocycles. The molecule has 0 saturated heterocycles. The number of aromatic nitrogens is 1. The van der Waals surface area contributed by atoms with Crippen molar-refractivity contribution in [3.63, 3.8) is 0 Å². The van der Waals surface area contributed by atoms with Crippen molar-refractivity contribution in [2.45, 2.75) is 39.0 Å². The van der Waals surface area contributed by atoms with Crippen LogP contribution >= 0.6 is 0 Å². The molecule has 130 valence electrons. The number of nitrogens with one attached hydrogen (secondary N) is 1. The van der Waals surface area contributed by atoms with E-state index >= 15 is 0 Å². The van der Waals surface area contributed by atoms with Gasteiger partial charge in [0.2, 0.25) is 0 Å². The standard InChI is InChI=1S/C20H22N2O3/c1-13-10-17(12-14-4-2-3-5-14)21-18(11-13)19(23)22-16-8-6-15(7-9-16)20(24)25/h6-11,14H,2-5,12H2,1H3,(H,22,23)(H,24,25). The Kier molecular flexibility index (Phi) is 5.12. The molecule has 1 amide bonds. The van der Waals surface area contributed by atoms with Gasteiger partial charge < -0.3 is 10.4 Å². The number of benzene rings is 1. The predicted octanol–water partition coefficient (Wildman–Crippen LogP) is 4.07. The SMILES string of the molecule is Cc1cc(CC2CCCC2)nc(C(=O)Nc2ccc(C(=O)O)cc2)c1. The van der Waals surface area contributed by atoms with Gasteiger partial charge in [-0.25, -0.2) is 9.78 Å². The van der Waals surface area contributed by atoms with Crippen molar-refractivity contribution in [1.82, 2.24) is 4.98 Å². The third-order valence-corrected chi connectivity index (χ3v) is 4.62. The average molecular weight is 338 g/mol. The number of hydrogen-bond acceptors (Lipinski definition) is 3. The summed E-state index contributed by atoms with van der Waals surface area (Å²) in [5, 5.41) is 11.7. The molecule has 3 rings (SSSR count). The first kappa shape index (κ1) is 17.1. The molecule has 1 aromatic heterocycles. The fourth-order valence-electron chi connectivity index (χ4n) is 3.36. The zero-order valence-corrected chi connectivity index (χ0v) is 14.3. The summed E-state index contributed by atoms with van der Waals surface area (Å²) in [5.74, 6) is -0.594. The summed E-state index contributed by atoms with van der Waals surface area (Å²) < 4.78 is 0. The summed E-state index contributed by atoms with van der Waals surface area (Å²) in [6.07, 6.45) is 5.99. The van der Waals surface area contributed by atoms with Crippen LogP contribution in [0, 0.1) is 12.8 Å². The van der Waals surface area contributed by atoms with Crippen molar-refractivity contribution < 1.29 is 14.7 Å². The van der Waals surface area contributed by atoms with Crippen LogP contribution in [0.2, 0.25) is 0 Å². The van der Waals surface area contributed by atoms with Crippen molar-refractivity contribution in [3.05, 3.63) is 58.9 Å². The maximum absolute atomic E-state index is 12.5. The maximum atomic E-state index is 12.5. The molecule has 0 atom stereocenters. The highest BCUT2D eigenvalue weighted by atomic mass is 16.4. The summed E-state index contributed by atoms with van der Waals surface area (Å²) >= 11 is 0. The summed E-state index contributed by atoms with van der Waals surface area (Å²) in [4.78, 5) is 27.9. The lowest BCUT2D eigenvalue weighted by Crippen LogP contribution is -2.15. The minimum absolute atomic E-state index is 0.186. The monoisotopic (exact) mass is 338 g/mol. The molecular formula is C20H22N2O3. The van der Waals surface area contributed by atoms with Gasteiger partial charge in [-0.05, 0) is 61.2 Å². The number of aromatic carboxylic acids is 1. The van der Waals surface area contributed by atoms with Gasteiger partial charge in [-0.2, -0.15) is 0 Å². The third kappa shape index (κ3) is 4.44. The molecule has 1 saturated carbocycles. The number of carboxylic acid groups (broad SMARTS) is 1. The van der Waals surface area contributed by atoms with Crippen LogP contribution in [-0.4, -0.2) is 22.0 Å². The van der Waals surface area contributed by atoms with Crippen LogP contribution in [0.15, 0.2) is 36.4 Å². The first-order chi connectivity index (χ1) is 12.0. The highest BCUT2D eigenvalue weighted by Gasteiger charge is 2.17. The number of pyridine rings is 1. The average Bonchev–Trinajstić information content (AvgIpc) is 3.07. The summed E-state index contributed by atoms with van der Waals surface area (Å²) in [7, 11) is 0. The Morgan fingerprint density at radius 3 is 2.48 bits per heavy atom. The van der Waals surface area contributed by atoms with Crippen LogP contribution in [0.5, 0.6) is 0 Å². The van der Waals surface area contributed by atoms with Crippen molar-refractivity contribution in [2.24, 2.45) is 5.92 Å². The first-order valence-corrected chi connectivity index (χ1v) is 8.63. The number of hydrogen-bond donors (Lipinski definition) is 2. The Labute approximate surface area is 147 Å². The van der Waals surface area contributed by atoms with Crippen LogP contribution in [-0.2, 0) is 6.42 Å². The summed E-state index contributed by atoms with van der Waals surface area (Å²) in [6, 6.07) is 9.92. The van der Waals surface area contributed by atoms with E-state index in [1.807, 2.05) is 6.92 Å². The largest absolute Gasteiger partial charge is 0.478 e. The van der Waals surface area contributed by atoms with E-state index in [9.17, 15) is 9.59 Å². The van der Waals surface area contributed by atoms with Gasteiger partial charge >= 0.3 is 5.97 Å². The smallest absolute Gasteiger partial charge is 0.335 e. The molecule has 0 radical (unpaired) electrons. The highest BCUT2D eigenvalue weighted by molar-refractivity contribution is 6.03. The second-order valence-electron chi connectivity index (χ2n) is 6.71. The normalized spacial score (nSPS) is 14.4. The fraction of sp³-hybridized carbons (Fsp3) is 0.350. The number of carboxylic acids is 1. The lowest BCUT2D eigenvalue weighted by atomic mass is 10.0. The van der Waals surface area contributed by atoms with Crippen LogP contribution in [0.3, 0.4) is 0 Å². The molecular weight excluding hydrogens is 316 g/mol.